The highest BCUT2D eigenvalue weighted by atomic mass is 16.1. The van der Waals surface area contributed by atoms with Gasteiger partial charge in [0.15, 0.2) is 0 Å². The summed E-state index contributed by atoms with van der Waals surface area (Å²) >= 11 is 0. The number of aromatic amines is 1. The Bertz CT molecular complexity index is 300. The van der Waals surface area contributed by atoms with Gasteiger partial charge in [-0.05, 0) is 13.0 Å². The van der Waals surface area contributed by atoms with Crippen molar-refractivity contribution in [3.8, 4) is 0 Å². The number of hydrogen-bond acceptors (Lipinski definition) is 3. The summed E-state index contributed by atoms with van der Waals surface area (Å²) < 4.78 is 1.68. The molecule has 0 bridgehead atoms. The highest BCUT2D eigenvalue weighted by Gasteiger charge is 2.09. The van der Waals surface area contributed by atoms with Gasteiger partial charge in [-0.3, -0.25) is 4.57 Å². The van der Waals surface area contributed by atoms with Gasteiger partial charge in [0.25, 0.3) is 0 Å². The molecule has 2 N–H and O–H groups in total. The van der Waals surface area contributed by atoms with E-state index in [1.807, 2.05) is 0 Å². The van der Waals surface area contributed by atoms with Gasteiger partial charge in [0.2, 0.25) is 0 Å². The van der Waals surface area contributed by atoms with Gasteiger partial charge in [-0.25, -0.2) is 9.89 Å². The third-order valence-electron chi connectivity index (χ3n) is 1.86. The van der Waals surface area contributed by atoms with E-state index in [0.717, 1.165) is 25.3 Å². The molecule has 0 saturated carbocycles. The van der Waals surface area contributed by atoms with Crippen LogP contribution in [-0.2, 0) is 13.1 Å². The first-order chi connectivity index (χ1) is 5.38. The highest BCUT2D eigenvalue weighted by molar-refractivity contribution is 4.87. The van der Waals surface area contributed by atoms with E-state index in [0.29, 0.717) is 6.54 Å². The maximum absolute atomic E-state index is 11.0. The number of nitrogens with zero attached hydrogens (tertiary/aromatic N) is 2. The van der Waals surface area contributed by atoms with Crippen LogP contribution in [0.3, 0.4) is 0 Å². The second-order valence-electron chi connectivity index (χ2n) is 2.63. The molecule has 0 spiro atoms. The van der Waals surface area contributed by atoms with Crippen molar-refractivity contribution in [1.82, 2.24) is 20.1 Å². The zero-order chi connectivity index (χ0) is 7.68. The van der Waals surface area contributed by atoms with Gasteiger partial charge in [0.1, 0.15) is 5.82 Å². The molecular formula is C6H10N4O. The molecule has 1 aromatic heterocycles. The fourth-order valence-electron chi connectivity index (χ4n) is 1.28. The summed E-state index contributed by atoms with van der Waals surface area (Å²) in [5.41, 5.74) is -0.0938. The second kappa shape index (κ2) is 2.50. The van der Waals surface area contributed by atoms with Gasteiger partial charge in [-0.1, -0.05) is 0 Å². The Labute approximate surface area is 63.4 Å². The largest absolute Gasteiger partial charge is 0.343 e. The number of aromatic nitrogens is 3. The minimum absolute atomic E-state index is 0.0938. The number of fused-ring (bicyclic) bond motifs is 1. The first-order valence-corrected chi connectivity index (χ1v) is 3.73. The molecule has 2 rings (SSSR count). The lowest BCUT2D eigenvalue weighted by Crippen LogP contribution is -2.18. The lowest BCUT2D eigenvalue weighted by molar-refractivity contribution is 0.628. The summed E-state index contributed by atoms with van der Waals surface area (Å²) in [5, 5.41) is 9.48. The van der Waals surface area contributed by atoms with Crippen molar-refractivity contribution >= 4 is 0 Å². The zero-order valence-electron chi connectivity index (χ0n) is 6.13. The first-order valence-electron chi connectivity index (χ1n) is 3.73. The van der Waals surface area contributed by atoms with Gasteiger partial charge in [-0.15, -0.1) is 0 Å². The van der Waals surface area contributed by atoms with E-state index < -0.39 is 0 Å². The lowest BCUT2D eigenvalue weighted by atomic mass is 10.4. The van der Waals surface area contributed by atoms with Gasteiger partial charge in [0.05, 0.1) is 6.54 Å². The van der Waals surface area contributed by atoms with Crippen molar-refractivity contribution in [2.24, 2.45) is 0 Å². The molecule has 5 heteroatoms. The van der Waals surface area contributed by atoms with E-state index in [1.54, 1.807) is 4.57 Å². The Morgan fingerprint density at radius 1 is 1.55 bits per heavy atom. The summed E-state index contributed by atoms with van der Waals surface area (Å²) in [5.74, 6) is 0.812. The van der Waals surface area contributed by atoms with E-state index in [4.69, 9.17) is 0 Å². The van der Waals surface area contributed by atoms with Crippen LogP contribution in [0.2, 0.25) is 0 Å². The predicted octanol–water partition coefficient (Wildman–Crippen LogP) is -0.935. The number of hydrogen-bond donors (Lipinski definition) is 2. The molecule has 0 fully saturated rings. The summed E-state index contributed by atoms with van der Waals surface area (Å²) in [7, 11) is 0. The van der Waals surface area contributed by atoms with Crippen LogP contribution in [0.4, 0.5) is 0 Å². The molecule has 60 valence electrons. The molecule has 2 heterocycles. The molecule has 0 radical (unpaired) electrons. The Hall–Kier alpha value is -1.10. The second-order valence-corrected chi connectivity index (χ2v) is 2.63. The molecule has 11 heavy (non-hydrogen) atoms. The molecule has 0 amide bonds. The van der Waals surface area contributed by atoms with Crippen LogP contribution in [0.25, 0.3) is 0 Å². The van der Waals surface area contributed by atoms with Crippen molar-refractivity contribution in [2.75, 3.05) is 6.54 Å². The molecular weight excluding hydrogens is 144 g/mol. The van der Waals surface area contributed by atoms with E-state index >= 15 is 0 Å². The van der Waals surface area contributed by atoms with Crippen LogP contribution in [0.5, 0.6) is 0 Å². The average molecular weight is 154 g/mol. The molecule has 1 aliphatic heterocycles. The van der Waals surface area contributed by atoms with Crippen LogP contribution in [0, 0.1) is 0 Å². The molecule has 0 aromatic carbocycles. The van der Waals surface area contributed by atoms with Crippen LogP contribution >= 0.6 is 0 Å². The molecule has 0 aliphatic carbocycles. The van der Waals surface area contributed by atoms with Gasteiger partial charge < -0.3 is 5.32 Å². The SMILES string of the molecule is O=c1[nH]nc2n1CCCNC2. The third-order valence-corrected chi connectivity index (χ3v) is 1.86. The monoisotopic (exact) mass is 154 g/mol. The van der Waals surface area contributed by atoms with Crippen molar-refractivity contribution in [1.29, 1.82) is 0 Å². The zero-order valence-corrected chi connectivity index (χ0v) is 6.13. The maximum atomic E-state index is 11.0. The lowest BCUT2D eigenvalue weighted by Gasteiger charge is -1.95. The summed E-state index contributed by atoms with van der Waals surface area (Å²) in [6, 6.07) is 0. The van der Waals surface area contributed by atoms with E-state index in [-0.39, 0.29) is 5.69 Å². The van der Waals surface area contributed by atoms with E-state index in [9.17, 15) is 4.79 Å². The standard InChI is InChI=1S/C6H10N4O/c11-6-9-8-5-4-7-2-1-3-10(5)6/h7H,1-4H2,(H,9,11). The molecule has 1 aliphatic rings. The van der Waals surface area contributed by atoms with Crippen LogP contribution in [-0.4, -0.2) is 21.3 Å². The van der Waals surface area contributed by atoms with Gasteiger partial charge in [0, 0.05) is 6.54 Å². The molecule has 0 atom stereocenters. The highest BCUT2D eigenvalue weighted by Crippen LogP contribution is 1.96. The fraction of sp³-hybridized carbons (Fsp3) is 0.667. The Morgan fingerprint density at radius 3 is 3.36 bits per heavy atom. The average Bonchev–Trinajstić information content (AvgIpc) is 2.25. The van der Waals surface area contributed by atoms with E-state index in [1.165, 1.54) is 0 Å². The van der Waals surface area contributed by atoms with Crippen molar-refractivity contribution < 1.29 is 0 Å². The molecule has 0 saturated heterocycles. The van der Waals surface area contributed by atoms with E-state index in [2.05, 4.69) is 15.5 Å². The Balaban J connectivity index is 2.43. The molecule has 5 nitrogen and oxygen atoms in total. The molecule has 0 unspecified atom stereocenters. The maximum Gasteiger partial charge on any atom is 0.343 e. The summed E-state index contributed by atoms with van der Waals surface area (Å²) in [6.45, 7) is 2.43. The number of H-pyrrole nitrogens is 1. The minimum atomic E-state index is -0.0938. The van der Waals surface area contributed by atoms with Crippen LogP contribution in [0.15, 0.2) is 4.79 Å². The predicted molar refractivity (Wildman–Crippen MR) is 39.2 cm³/mol. The number of rotatable bonds is 0. The van der Waals surface area contributed by atoms with Gasteiger partial charge >= 0.3 is 5.69 Å². The van der Waals surface area contributed by atoms with Gasteiger partial charge in [-0.2, -0.15) is 5.10 Å². The van der Waals surface area contributed by atoms with Crippen LogP contribution in [0.1, 0.15) is 12.2 Å². The Morgan fingerprint density at radius 2 is 2.45 bits per heavy atom. The Kier molecular flexibility index (Phi) is 1.50. The third kappa shape index (κ3) is 1.07. The normalized spacial score (nSPS) is 17.5. The topological polar surface area (TPSA) is 62.7 Å². The van der Waals surface area contributed by atoms with Crippen molar-refractivity contribution in [3.63, 3.8) is 0 Å². The summed E-state index contributed by atoms with van der Waals surface area (Å²) in [6.07, 6.45) is 0.992. The quantitative estimate of drug-likeness (QED) is 0.507. The minimum Gasteiger partial charge on any atom is -0.310 e. The first kappa shape index (κ1) is 6.60. The molecule has 1 aromatic rings. The summed E-state index contributed by atoms with van der Waals surface area (Å²) in [4.78, 5) is 11.0. The van der Waals surface area contributed by atoms with Crippen LogP contribution < -0.4 is 11.0 Å². The number of nitrogens with one attached hydrogen (secondary N) is 2. The smallest absolute Gasteiger partial charge is 0.310 e. The van der Waals surface area contributed by atoms with Crippen molar-refractivity contribution in [3.05, 3.63) is 16.3 Å². The van der Waals surface area contributed by atoms with Crippen molar-refractivity contribution in [2.45, 2.75) is 19.5 Å². The fourth-order valence-corrected chi connectivity index (χ4v) is 1.28.